The molecular formula is C12H24N4O2S. The quantitative estimate of drug-likeness (QED) is 0.433. The van der Waals surface area contributed by atoms with E-state index in [-0.39, 0.29) is 0 Å². The molecule has 2 N–H and O–H groups in total. The normalized spacial score (nSPS) is 22.6. The predicted molar refractivity (Wildman–Crippen MR) is 76.7 cm³/mol. The van der Waals surface area contributed by atoms with Gasteiger partial charge >= 0.3 is 0 Å². The second-order valence-corrected chi connectivity index (χ2v) is 7.50. The van der Waals surface area contributed by atoms with E-state index in [0.717, 1.165) is 19.0 Å². The molecule has 1 heterocycles. The van der Waals surface area contributed by atoms with Crippen LogP contribution in [0.5, 0.6) is 0 Å². The van der Waals surface area contributed by atoms with Crippen LogP contribution in [0.3, 0.4) is 0 Å². The van der Waals surface area contributed by atoms with Gasteiger partial charge in [0.1, 0.15) is 0 Å². The van der Waals surface area contributed by atoms with Gasteiger partial charge in [0.05, 0.1) is 6.26 Å². The molecule has 0 amide bonds. The lowest BCUT2D eigenvalue weighted by atomic mass is 9.68. The van der Waals surface area contributed by atoms with Gasteiger partial charge in [0.25, 0.3) is 0 Å². The molecule has 0 aromatic carbocycles. The molecule has 6 nitrogen and oxygen atoms in total. The highest BCUT2D eigenvalue weighted by Crippen LogP contribution is 2.47. The first-order valence-electron chi connectivity index (χ1n) is 6.84. The Hall–Kier alpha value is -0.820. The number of hydrogen-bond acceptors (Lipinski definition) is 3. The standard InChI is InChI=1S/C12H24N4O2S/c1-13-11(14-7-8-15-19(2,17)18)16-9-6-12(10-16)4-3-5-12/h15H,3-10H2,1-2H3,(H,13,14). The molecule has 1 saturated heterocycles. The highest BCUT2D eigenvalue weighted by atomic mass is 32.2. The van der Waals surface area contributed by atoms with Crippen molar-refractivity contribution in [3.8, 4) is 0 Å². The Bertz CT molecular complexity index is 443. The fraction of sp³-hybridized carbons (Fsp3) is 0.917. The number of aliphatic imine (C=N–C) groups is 1. The molecule has 0 aromatic heterocycles. The first kappa shape index (κ1) is 14.6. The molecule has 7 heteroatoms. The number of hydrogen-bond donors (Lipinski definition) is 2. The van der Waals surface area contributed by atoms with Crippen molar-refractivity contribution in [3.63, 3.8) is 0 Å². The van der Waals surface area contributed by atoms with Gasteiger partial charge in [0.15, 0.2) is 5.96 Å². The Labute approximate surface area is 115 Å². The summed E-state index contributed by atoms with van der Waals surface area (Å²) in [5, 5.41) is 3.22. The lowest BCUT2D eigenvalue weighted by Crippen LogP contribution is -2.44. The Balaban J connectivity index is 1.75. The molecule has 110 valence electrons. The lowest BCUT2D eigenvalue weighted by molar-refractivity contribution is 0.151. The zero-order valence-corrected chi connectivity index (χ0v) is 12.6. The summed E-state index contributed by atoms with van der Waals surface area (Å²) in [6.45, 7) is 3.09. The maximum Gasteiger partial charge on any atom is 0.208 e. The van der Waals surface area contributed by atoms with Crippen molar-refractivity contribution in [3.05, 3.63) is 0 Å². The van der Waals surface area contributed by atoms with Crippen LogP contribution < -0.4 is 10.0 Å². The van der Waals surface area contributed by atoms with Crippen molar-refractivity contribution < 1.29 is 8.42 Å². The first-order valence-corrected chi connectivity index (χ1v) is 8.74. The summed E-state index contributed by atoms with van der Waals surface area (Å²) in [7, 11) is -1.33. The van der Waals surface area contributed by atoms with Crippen LogP contribution in [0.2, 0.25) is 0 Å². The van der Waals surface area contributed by atoms with Gasteiger partial charge in [-0.15, -0.1) is 0 Å². The summed E-state index contributed by atoms with van der Waals surface area (Å²) in [4.78, 5) is 6.57. The van der Waals surface area contributed by atoms with E-state index in [1.165, 1.54) is 31.9 Å². The molecule has 1 aliphatic carbocycles. The summed E-state index contributed by atoms with van der Waals surface area (Å²) >= 11 is 0. The van der Waals surface area contributed by atoms with Crippen molar-refractivity contribution in [1.82, 2.24) is 14.9 Å². The number of likely N-dealkylation sites (tertiary alicyclic amines) is 1. The summed E-state index contributed by atoms with van der Waals surface area (Å²) in [5.74, 6) is 0.888. The van der Waals surface area contributed by atoms with E-state index in [2.05, 4.69) is 19.9 Å². The minimum absolute atomic E-state index is 0.386. The highest BCUT2D eigenvalue weighted by Gasteiger charge is 2.43. The number of rotatable bonds is 4. The number of guanidine groups is 1. The van der Waals surface area contributed by atoms with Crippen LogP contribution in [-0.4, -0.2) is 58.8 Å². The average molecular weight is 288 g/mol. The van der Waals surface area contributed by atoms with Gasteiger partial charge in [0, 0.05) is 33.2 Å². The smallest absolute Gasteiger partial charge is 0.208 e. The van der Waals surface area contributed by atoms with Gasteiger partial charge in [-0.3, -0.25) is 4.99 Å². The third kappa shape index (κ3) is 3.82. The van der Waals surface area contributed by atoms with Crippen molar-refractivity contribution in [1.29, 1.82) is 0 Å². The Morgan fingerprint density at radius 2 is 2.05 bits per heavy atom. The Morgan fingerprint density at radius 3 is 2.53 bits per heavy atom. The third-order valence-corrected chi connectivity index (χ3v) is 4.86. The van der Waals surface area contributed by atoms with Crippen LogP contribution >= 0.6 is 0 Å². The maximum atomic E-state index is 11.0. The molecule has 19 heavy (non-hydrogen) atoms. The largest absolute Gasteiger partial charge is 0.355 e. The van der Waals surface area contributed by atoms with Crippen molar-refractivity contribution in [2.24, 2.45) is 10.4 Å². The first-order chi connectivity index (χ1) is 8.94. The maximum absolute atomic E-state index is 11.0. The molecule has 0 bridgehead atoms. The van der Waals surface area contributed by atoms with Crippen molar-refractivity contribution >= 4 is 16.0 Å². The molecule has 0 atom stereocenters. The zero-order valence-electron chi connectivity index (χ0n) is 11.8. The molecule has 2 fully saturated rings. The van der Waals surface area contributed by atoms with E-state index in [9.17, 15) is 8.42 Å². The molecule has 0 aromatic rings. The monoisotopic (exact) mass is 288 g/mol. The van der Waals surface area contributed by atoms with Gasteiger partial charge in [-0.2, -0.15) is 0 Å². The van der Waals surface area contributed by atoms with Gasteiger partial charge in [-0.1, -0.05) is 6.42 Å². The van der Waals surface area contributed by atoms with Gasteiger partial charge < -0.3 is 10.2 Å². The fourth-order valence-electron chi connectivity index (χ4n) is 2.94. The SMILES string of the molecule is CN=C(NCCNS(C)(=O)=O)N1CCC2(CCC2)C1. The van der Waals surface area contributed by atoms with Crippen LogP contribution in [0.25, 0.3) is 0 Å². The summed E-state index contributed by atoms with van der Waals surface area (Å²) < 4.78 is 24.4. The van der Waals surface area contributed by atoms with Crippen LogP contribution in [-0.2, 0) is 10.0 Å². The molecule has 0 radical (unpaired) electrons. The predicted octanol–water partition coefficient (Wildman–Crippen LogP) is -0.0130. The Morgan fingerprint density at radius 1 is 1.32 bits per heavy atom. The average Bonchev–Trinajstić information content (AvgIpc) is 2.72. The molecule has 1 saturated carbocycles. The molecule has 1 aliphatic heterocycles. The van der Waals surface area contributed by atoms with E-state index in [1.807, 2.05) is 0 Å². The van der Waals surface area contributed by atoms with Gasteiger partial charge in [-0.25, -0.2) is 13.1 Å². The van der Waals surface area contributed by atoms with E-state index >= 15 is 0 Å². The third-order valence-electron chi connectivity index (χ3n) is 4.14. The number of nitrogens with zero attached hydrogens (tertiary/aromatic N) is 2. The zero-order chi connectivity index (χ0) is 13.9. The summed E-state index contributed by atoms with van der Waals surface area (Å²) in [6.07, 6.45) is 6.47. The Kier molecular flexibility index (Phi) is 4.35. The number of nitrogens with one attached hydrogen (secondary N) is 2. The van der Waals surface area contributed by atoms with Crippen LogP contribution in [0.1, 0.15) is 25.7 Å². The second kappa shape index (κ2) is 5.66. The molecule has 2 rings (SSSR count). The topological polar surface area (TPSA) is 73.8 Å². The lowest BCUT2D eigenvalue weighted by Gasteiger charge is -2.38. The second-order valence-electron chi connectivity index (χ2n) is 5.67. The highest BCUT2D eigenvalue weighted by molar-refractivity contribution is 7.88. The minimum atomic E-state index is -3.10. The number of sulfonamides is 1. The molecule has 2 aliphatic rings. The van der Waals surface area contributed by atoms with E-state index < -0.39 is 10.0 Å². The molecule has 1 spiro atoms. The van der Waals surface area contributed by atoms with Crippen molar-refractivity contribution in [2.75, 3.05) is 39.5 Å². The van der Waals surface area contributed by atoms with Crippen LogP contribution in [0.4, 0.5) is 0 Å². The fourth-order valence-corrected chi connectivity index (χ4v) is 3.42. The van der Waals surface area contributed by atoms with Crippen LogP contribution in [0, 0.1) is 5.41 Å². The summed E-state index contributed by atoms with van der Waals surface area (Å²) in [5.41, 5.74) is 0.544. The summed E-state index contributed by atoms with van der Waals surface area (Å²) in [6, 6.07) is 0. The van der Waals surface area contributed by atoms with E-state index in [1.54, 1.807) is 7.05 Å². The van der Waals surface area contributed by atoms with Gasteiger partial charge in [-0.05, 0) is 24.7 Å². The van der Waals surface area contributed by atoms with E-state index in [0.29, 0.717) is 18.5 Å². The van der Waals surface area contributed by atoms with E-state index in [4.69, 9.17) is 0 Å². The van der Waals surface area contributed by atoms with Crippen molar-refractivity contribution in [2.45, 2.75) is 25.7 Å². The molecular weight excluding hydrogens is 264 g/mol. The minimum Gasteiger partial charge on any atom is -0.355 e. The van der Waals surface area contributed by atoms with Crippen LogP contribution in [0.15, 0.2) is 4.99 Å². The van der Waals surface area contributed by atoms with Gasteiger partial charge in [0.2, 0.25) is 10.0 Å². The molecule has 0 unspecified atom stereocenters.